The van der Waals surface area contributed by atoms with E-state index in [1.165, 1.54) is 0 Å². The molecule has 8 nitrogen and oxygen atoms in total. The number of aryl methyl sites for hydroxylation is 1. The summed E-state index contributed by atoms with van der Waals surface area (Å²) >= 11 is 0. The Bertz CT molecular complexity index is 652. The number of carbonyl (C=O) groups is 3. The number of rotatable bonds is 5. The molecule has 132 valence electrons. The van der Waals surface area contributed by atoms with E-state index >= 15 is 0 Å². The number of nitrogens with one attached hydrogen (secondary N) is 1. The van der Waals surface area contributed by atoms with Crippen LogP contribution in [0.2, 0.25) is 0 Å². The zero-order chi connectivity index (χ0) is 18.1. The largest absolute Gasteiger partial charge is 0.481 e. The van der Waals surface area contributed by atoms with E-state index in [1.54, 1.807) is 49.9 Å². The summed E-state index contributed by atoms with van der Waals surface area (Å²) in [5, 5.41) is 16.0. The van der Waals surface area contributed by atoms with Gasteiger partial charge in [-0.15, -0.1) is 0 Å². The second-order valence-electron chi connectivity index (χ2n) is 6.95. The maximum atomic E-state index is 12.6. The van der Waals surface area contributed by atoms with Crippen LogP contribution in [0.25, 0.3) is 0 Å². The predicted molar refractivity (Wildman–Crippen MR) is 85.9 cm³/mol. The molecule has 0 spiro atoms. The van der Waals surface area contributed by atoms with Crippen molar-refractivity contribution in [1.29, 1.82) is 0 Å². The maximum Gasteiger partial charge on any atom is 0.310 e. The lowest BCUT2D eigenvalue weighted by atomic mass is 9.84. The van der Waals surface area contributed by atoms with Gasteiger partial charge in [0, 0.05) is 38.8 Å². The fraction of sp³-hybridized carbons (Fsp3) is 0.625. The topological polar surface area (TPSA) is 105 Å². The van der Waals surface area contributed by atoms with E-state index in [4.69, 9.17) is 5.11 Å². The second kappa shape index (κ2) is 6.62. The van der Waals surface area contributed by atoms with Crippen LogP contribution in [0.1, 0.15) is 38.3 Å². The van der Waals surface area contributed by atoms with Crippen LogP contribution in [0.15, 0.2) is 12.4 Å². The van der Waals surface area contributed by atoms with Crippen molar-refractivity contribution in [2.24, 2.45) is 18.4 Å². The summed E-state index contributed by atoms with van der Waals surface area (Å²) in [4.78, 5) is 37.4. The standard InChI is InChI=1S/C16H24N4O4/c1-16(2,15(23)24)9-17-14(22)11-5-6-12(21)20(4)13(11)10-7-18-19(3)8-10/h7-8,11,13H,5-6,9H2,1-4H3,(H,17,22)(H,23,24)/t11-,13+/m0/s1. The molecule has 0 radical (unpaired) electrons. The Morgan fingerprint density at radius 1 is 1.42 bits per heavy atom. The lowest BCUT2D eigenvalue weighted by molar-refractivity contribution is -0.147. The molecular weight excluding hydrogens is 312 g/mol. The predicted octanol–water partition coefficient (Wildman–Crippen LogP) is 0.557. The third-order valence-corrected chi connectivity index (χ3v) is 4.55. The van der Waals surface area contributed by atoms with Gasteiger partial charge in [0.05, 0.1) is 23.6 Å². The SMILES string of the molecule is CN1C(=O)CC[C@H](C(=O)NCC(C)(C)C(=O)O)[C@H]1c1cnn(C)c1. The first-order valence-corrected chi connectivity index (χ1v) is 7.89. The molecule has 2 N–H and O–H groups in total. The molecule has 0 unspecified atom stereocenters. The molecule has 2 atom stereocenters. The molecule has 1 aliphatic rings. The van der Waals surface area contributed by atoms with Gasteiger partial charge >= 0.3 is 5.97 Å². The minimum atomic E-state index is -1.05. The van der Waals surface area contributed by atoms with Crippen LogP contribution in [0.5, 0.6) is 0 Å². The molecular formula is C16H24N4O4. The minimum Gasteiger partial charge on any atom is -0.481 e. The Balaban J connectivity index is 2.18. The molecule has 8 heteroatoms. The van der Waals surface area contributed by atoms with Crippen molar-refractivity contribution >= 4 is 17.8 Å². The normalized spacial score (nSPS) is 21.7. The first kappa shape index (κ1) is 18.0. The number of hydrogen-bond acceptors (Lipinski definition) is 4. The number of carbonyl (C=O) groups excluding carboxylic acids is 2. The fourth-order valence-corrected chi connectivity index (χ4v) is 2.88. The summed E-state index contributed by atoms with van der Waals surface area (Å²) in [6.45, 7) is 3.16. The van der Waals surface area contributed by atoms with E-state index in [9.17, 15) is 14.4 Å². The highest BCUT2D eigenvalue weighted by molar-refractivity contribution is 5.85. The number of carboxylic acids is 1. The number of likely N-dealkylation sites (tertiary alicyclic amines) is 1. The Kier molecular flexibility index (Phi) is 4.96. The van der Waals surface area contributed by atoms with Gasteiger partial charge in [0.15, 0.2) is 0 Å². The van der Waals surface area contributed by atoms with Gasteiger partial charge in [0.1, 0.15) is 0 Å². The van der Waals surface area contributed by atoms with Crippen LogP contribution in [0.3, 0.4) is 0 Å². The van der Waals surface area contributed by atoms with Gasteiger partial charge in [-0.1, -0.05) is 0 Å². The Labute approximate surface area is 140 Å². The summed E-state index contributed by atoms with van der Waals surface area (Å²) in [5.74, 6) is -1.65. The Morgan fingerprint density at radius 2 is 2.08 bits per heavy atom. The number of hydrogen-bond donors (Lipinski definition) is 2. The molecule has 2 heterocycles. The first-order valence-electron chi connectivity index (χ1n) is 7.89. The van der Waals surface area contributed by atoms with Crippen molar-refractivity contribution in [2.75, 3.05) is 13.6 Å². The van der Waals surface area contributed by atoms with E-state index < -0.39 is 23.3 Å². The van der Waals surface area contributed by atoms with E-state index in [0.717, 1.165) is 5.56 Å². The molecule has 0 aromatic carbocycles. The third kappa shape index (κ3) is 3.58. The lowest BCUT2D eigenvalue weighted by Gasteiger charge is -2.38. The molecule has 0 saturated carbocycles. The van der Waals surface area contributed by atoms with E-state index in [2.05, 4.69) is 10.4 Å². The maximum absolute atomic E-state index is 12.6. The smallest absolute Gasteiger partial charge is 0.310 e. The molecule has 1 fully saturated rings. The van der Waals surface area contributed by atoms with E-state index in [1.807, 2.05) is 0 Å². The Hall–Kier alpha value is -2.38. The highest BCUT2D eigenvalue weighted by Gasteiger charge is 2.40. The number of nitrogens with zero attached hydrogens (tertiary/aromatic N) is 3. The van der Waals surface area contributed by atoms with Gasteiger partial charge < -0.3 is 15.3 Å². The molecule has 2 amide bonds. The summed E-state index contributed by atoms with van der Waals surface area (Å²) in [7, 11) is 3.46. The zero-order valence-electron chi connectivity index (χ0n) is 14.4. The van der Waals surface area contributed by atoms with Gasteiger partial charge in [0.25, 0.3) is 0 Å². The molecule has 24 heavy (non-hydrogen) atoms. The molecule has 0 aliphatic carbocycles. The van der Waals surface area contributed by atoms with Gasteiger partial charge in [-0.05, 0) is 20.3 Å². The highest BCUT2D eigenvalue weighted by Crippen LogP contribution is 2.35. The average molecular weight is 336 g/mol. The molecule has 1 aliphatic heterocycles. The molecule has 1 aromatic rings. The van der Waals surface area contributed by atoms with Gasteiger partial charge in [-0.25, -0.2) is 0 Å². The second-order valence-corrected chi connectivity index (χ2v) is 6.95. The van der Waals surface area contributed by atoms with Crippen LogP contribution in [-0.2, 0) is 21.4 Å². The quantitative estimate of drug-likeness (QED) is 0.817. The number of aromatic nitrogens is 2. The molecule has 2 rings (SSSR count). The van der Waals surface area contributed by atoms with Crippen LogP contribution < -0.4 is 5.32 Å². The van der Waals surface area contributed by atoms with Crippen molar-refractivity contribution in [1.82, 2.24) is 20.0 Å². The summed E-state index contributed by atoms with van der Waals surface area (Å²) in [5.41, 5.74) is -0.249. The number of aliphatic carboxylic acids is 1. The third-order valence-electron chi connectivity index (χ3n) is 4.55. The van der Waals surface area contributed by atoms with Crippen LogP contribution in [0, 0.1) is 11.3 Å². The van der Waals surface area contributed by atoms with Crippen molar-refractivity contribution in [2.45, 2.75) is 32.7 Å². The van der Waals surface area contributed by atoms with Gasteiger partial charge in [-0.2, -0.15) is 5.10 Å². The van der Waals surface area contributed by atoms with Crippen LogP contribution in [0.4, 0.5) is 0 Å². The Morgan fingerprint density at radius 3 is 2.62 bits per heavy atom. The molecule has 1 aromatic heterocycles. The summed E-state index contributed by atoms with van der Waals surface area (Å²) in [6, 6.07) is -0.395. The molecule has 0 bridgehead atoms. The lowest BCUT2D eigenvalue weighted by Crippen LogP contribution is -2.48. The summed E-state index contributed by atoms with van der Waals surface area (Å²) < 4.78 is 1.63. The number of piperidine rings is 1. The fourth-order valence-electron chi connectivity index (χ4n) is 2.88. The molecule has 1 saturated heterocycles. The van der Waals surface area contributed by atoms with Gasteiger partial charge in [0.2, 0.25) is 11.8 Å². The summed E-state index contributed by atoms with van der Waals surface area (Å²) in [6.07, 6.45) is 4.18. The van der Waals surface area contributed by atoms with Crippen molar-refractivity contribution in [3.8, 4) is 0 Å². The average Bonchev–Trinajstić information content (AvgIpc) is 2.93. The number of carboxylic acid groups (broad SMARTS) is 1. The van der Waals surface area contributed by atoms with Gasteiger partial charge in [-0.3, -0.25) is 19.1 Å². The minimum absolute atomic E-state index is 0.0150. The number of amides is 2. The monoisotopic (exact) mass is 336 g/mol. The van der Waals surface area contributed by atoms with Crippen LogP contribution in [-0.4, -0.2) is 51.2 Å². The zero-order valence-corrected chi connectivity index (χ0v) is 14.4. The van der Waals surface area contributed by atoms with Crippen LogP contribution >= 0.6 is 0 Å². The van der Waals surface area contributed by atoms with Crippen molar-refractivity contribution < 1.29 is 19.5 Å². The van der Waals surface area contributed by atoms with E-state index in [-0.39, 0.29) is 18.4 Å². The first-order chi connectivity index (χ1) is 11.1. The van der Waals surface area contributed by atoms with Crippen molar-refractivity contribution in [3.05, 3.63) is 18.0 Å². The van der Waals surface area contributed by atoms with E-state index in [0.29, 0.717) is 12.8 Å². The highest BCUT2D eigenvalue weighted by atomic mass is 16.4. The van der Waals surface area contributed by atoms with Crippen molar-refractivity contribution in [3.63, 3.8) is 0 Å².